The fraction of sp³-hybridized carbons (Fsp3) is 0.714. The average Bonchev–Trinajstić information content (AvgIpc) is 2.47. The Bertz CT molecular complexity index is 209. The Labute approximate surface area is 66.2 Å². The van der Waals surface area contributed by atoms with Crippen LogP contribution in [-0.2, 0) is 17.9 Å². The zero-order chi connectivity index (χ0) is 8.10. The summed E-state index contributed by atoms with van der Waals surface area (Å²) >= 11 is 0. The molecule has 0 atom stereocenters. The van der Waals surface area contributed by atoms with E-state index in [2.05, 4.69) is 17.1 Å². The van der Waals surface area contributed by atoms with Gasteiger partial charge in [-0.1, -0.05) is 0 Å². The van der Waals surface area contributed by atoms with E-state index in [4.69, 9.17) is 4.74 Å². The molecule has 0 aliphatic heterocycles. The van der Waals surface area contributed by atoms with Gasteiger partial charge in [0.25, 0.3) is 0 Å². The quantitative estimate of drug-likeness (QED) is 0.646. The molecule has 0 saturated carbocycles. The maximum absolute atomic E-state index is 5.20. The maximum Gasteiger partial charge on any atom is 0.158 e. The molecular formula is C7H13N3O. The largest absolute Gasteiger partial charge is 0.374 e. The molecule has 11 heavy (non-hydrogen) atoms. The van der Waals surface area contributed by atoms with E-state index < -0.39 is 0 Å². The van der Waals surface area contributed by atoms with Crippen molar-refractivity contribution in [3.05, 3.63) is 12.2 Å². The topological polar surface area (TPSA) is 39.9 Å². The Hall–Kier alpha value is -0.900. The van der Waals surface area contributed by atoms with Crippen LogP contribution in [0.1, 0.15) is 19.7 Å². The molecule has 1 aromatic heterocycles. The van der Waals surface area contributed by atoms with Crippen LogP contribution in [0.2, 0.25) is 0 Å². The number of nitrogens with zero attached hydrogens (tertiary/aromatic N) is 3. The van der Waals surface area contributed by atoms with Crippen LogP contribution >= 0.6 is 0 Å². The summed E-state index contributed by atoms with van der Waals surface area (Å²) in [6, 6.07) is 0. The van der Waals surface area contributed by atoms with Gasteiger partial charge in [0, 0.05) is 13.2 Å². The molecule has 0 unspecified atom stereocenters. The predicted octanol–water partition coefficient (Wildman–Crippen LogP) is 0.835. The second kappa shape index (κ2) is 4.08. The van der Waals surface area contributed by atoms with Gasteiger partial charge in [-0.15, -0.1) is 10.2 Å². The van der Waals surface area contributed by atoms with Gasteiger partial charge >= 0.3 is 0 Å². The number of aryl methyl sites for hydroxylation is 1. The monoisotopic (exact) mass is 155 g/mol. The van der Waals surface area contributed by atoms with Gasteiger partial charge in [-0.05, 0) is 13.8 Å². The van der Waals surface area contributed by atoms with Gasteiger partial charge in [-0.2, -0.15) is 0 Å². The highest BCUT2D eigenvalue weighted by atomic mass is 16.5. The molecule has 62 valence electrons. The summed E-state index contributed by atoms with van der Waals surface area (Å²) in [5, 5.41) is 7.69. The lowest BCUT2D eigenvalue weighted by molar-refractivity contribution is 0.125. The maximum atomic E-state index is 5.20. The molecule has 1 rings (SSSR count). The van der Waals surface area contributed by atoms with Crippen molar-refractivity contribution >= 4 is 0 Å². The van der Waals surface area contributed by atoms with E-state index in [0.29, 0.717) is 6.61 Å². The second-order valence-electron chi connectivity index (χ2n) is 2.17. The minimum atomic E-state index is 0.560. The van der Waals surface area contributed by atoms with E-state index >= 15 is 0 Å². The number of hydrogen-bond donors (Lipinski definition) is 0. The molecule has 1 heterocycles. The first-order valence-electron chi connectivity index (χ1n) is 3.82. The molecule has 4 heteroatoms. The summed E-state index contributed by atoms with van der Waals surface area (Å²) in [6.45, 7) is 6.20. The third kappa shape index (κ3) is 2.01. The minimum absolute atomic E-state index is 0.560. The molecule has 0 radical (unpaired) electrons. The van der Waals surface area contributed by atoms with Crippen molar-refractivity contribution in [1.29, 1.82) is 0 Å². The SMILES string of the molecule is CCOCc1nncn1CC. The van der Waals surface area contributed by atoms with Crippen molar-refractivity contribution in [1.82, 2.24) is 14.8 Å². The van der Waals surface area contributed by atoms with E-state index in [9.17, 15) is 0 Å². The third-order valence-corrected chi connectivity index (χ3v) is 1.47. The Balaban J connectivity index is 2.54. The molecule has 0 saturated heterocycles. The Morgan fingerprint density at radius 2 is 2.36 bits per heavy atom. The fourth-order valence-electron chi connectivity index (χ4n) is 0.848. The highest BCUT2D eigenvalue weighted by Crippen LogP contribution is 1.96. The van der Waals surface area contributed by atoms with Crippen molar-refractivity contribution in [2.24, 2.45) is 0 Å². The normalized spacial score (nSPS) is 10.4. The van der Waals surface area contributed by atoms with Crippen LogP contribution in [-0.4, -0.2) is 21.4 Å². The zero-order valence-corrected chi connectivity index (χ0v) is 6.95. The molecule has 0 aliphatic carbocycles. The molecule has 0 N–H and O–H groups in total. The first kappa shape index (κ1) is 8.20. The predicted molar refractivity (Wildman–Crippen MR) is 41.0 cm³/mol. The van der Waals surface area contributed by atoms with Crippen molar-refractivity contribution in [3.8, 4) is 0 Å². The van der Waals surface area contributed by atoms with E-state index in [-0.39, 0.29) is 0 Å². The first-order valence-corrected chi connectivity index (χ1v) is 3.82. The van der Waals surface area contributed by atoms with E-state index in [1.165, 1.54) is 0 Å². The Morgan fingerprint density at radius 3 is 3.00 bits per heavy atom. The van der Waals surface area contributed by atoms with E-state index in [1.54, 1.807) is 6.33 Å². The van der Waals surface area contributed by atoms with Gasteiger partial charge in [0.2, 0.25) is 0 Å². The highest BCUT2D eigenvalue weighted by Gasteiger charge is 2.00. The van der Waals surface area contributed by atoms with Crippen LogP contribution in [0, 0.1) is 0 Å². The molecule has 0 spiro atoms. The zero-order valence-electron chi connectivity index (χ0n) is 6.95. The van der Waals surface area contributed by atoms with Crippen molar-refractivity contribution < 1.29 is 4.74 Å². The summed E-state index contributed by atoms with van der Waals surface area (Å²) in [4.78, 5) is 0. The van der Waals surface area contributed by atoms with Crippen LogP contribution in [0.25, 0.3) is 0 Å². The lowest BCUT2D eigenvalue weighted by atomic mass is 10.6. The average molecular weight is 155 g/mol. The van der Waals surface area contributed by atoms with Gasteiger partial charge in [0.15, 0.2) is 5.82 Å². The summed E-state index contributed by atoms with van der Waals surface area (Å²) < 4.78 is 7.16. The molecule has 1 aromatic rings. The summed E-state index contributed by atoms with van der Waals surface area (Å²) in [5.74, 6) is 0.898. The molecule has 0 aromatic carbocycles. The second-order valence-corrected chi connectivity index (χ2v) is 2.17. The first-order chi connectivity index (χ1) is 5.38. The van der Waals surface area contributed by atoms with E-state index in [0.717, 1.165) is 19.0 Å². The van der Waals surface area contributed by atoms with E-state index in [1.807, 2.05) is 11.5 Å². The molecule has 0 amide bonds. The van der Waals surface area contributed by atoms with Gasteiger partial charge < -0.3 is 9.30 Å². The Kier molecular flexibility index (Phi) is 3.04. The molecule has 0 fully saturated rings. The number of hydrogen-bond acceptors (Lipinski definition) is 3. The lowest BCUT2D eigenvalue weighted by Gasteiger charge is -2.01. The summed E-state index contributed by atoms with van der Waals surface area (Å²) in [5.41, 5.74) is 0. The summed E-state index contributed by atoms with van der Waals surface area (Å²) in [6.07, 6.45) is 1.72. The number of ether oxygens (including phenoxy) is 1. The van der Waals surface area contributed by atoms with Gasteiger partial charge in [-0.25, -0.2) is 0 Å². The van der Waals surface area contributed by atoms with Crippen molar-refractivity contribution in [2.75, 3.05) is 6.61 Å². The molecule has 4 nitrogen and oxygen atoms in total. The molecular weight excluding hydrogens is 142 g/mol. The highest BCUT2D eigenvalue weighted by molar-refractivity contribution is 4.81. The van der Waals surface area contributed by atoms with Gasteiger partial charge in [0.05, 0.1) is 0 Å². The number of rotatable bonds is 4. The number of aromatic nitrogens is 3. The van der Waals surface area contributed by atoms with Gasteiger partial charge in [0.1, 0.15) is 12.9 Å². The van der Waals surface area contributed by atoms with Crippen LogP contribution < -0.4 is 0 Å². The van der Waals surface area contributed by atoms with Crippen molar-refractivity contribution in [2.45, 2.75) is 27.0 Å². The fourth-order valence-corrected chi connectivity index (χ4v) is 0.848. The summed E-state index contributed by atoms with van der Waals surface area (Å²) in [7, 11) is 0. The standard InChI is InChI=1S/C7H13N3O/c1-3-10-6-8-9-7(10)5-11-4-2/h6H,3-5H2,1-2H3. The lowest BCUT2D eigenvalue weighted by Crippen LogP contribution is -2.03. The molecule has 0 bridgehead atoms. The van der Waals surface area contributed by atoms with Crippen molar-refractivity contribution in [3.63, 3.8) is 0 Å². The van der Waals surface area contributed by atoms with Crippen LogP contribution in [0.5, 0.6) is 0 Å². The minimum Gasteiger partial charge on any atom is -0.374 e. The van der Waals surface area contributed by atoms with Gasteiger partial charge in [-0.3, -0.25) is 0 Å². The molecule has 0 aliphatic rings. The van der Waals surface area contributed by atoms with Crippen LogP contribution in [0.15, 0.2) is 6.33 Å². The van der Waals surface area contributed by atoms with Crippen LogP contribution in [0.3, 0.4) is 0 Å². The smallest absolute Gasteiger partial charge is 0.158 e. The Morgan fingerprint density at radius 1 is 1.55 bits per heavy atom. The van der Waals surface area contributed by atoms with Crippen LogP contribution in [0.4, 0.5) is 0 Å². The third-order valence-electron chi connectivity index (χ3n) is 1.47.